The molecule has 3 rings (SSSR count). The number of carbonyl (C=O) groups is 2. The largest absolute Gasteiger partial charge is 0.333 e. The molecule has 2 aromatic rings. The lowest BCUT2D eigenvalue weighted by Crippen LogP contribution is -2.48. The van der Waals surface area contributed by atoms with Gasteiger partial charge in [-0.05, 0) is 29.8 Å². The highest BCUT2D eigenvalue weighted by Crippen LogP contribution is 2.24. The minimum Gasteiger partial charge on any atom is -0.333 e. The summed E-state index contributed by atoms with van der Waals surface area (Å²) in [5.41, 5.74) is 0.442. The summed E-state index contributed by atoms with van der Waals surface area (Å²) in [6, 6.07) is 8.46. The molecule has 0 saturated carbocycles. The van der Waals surface area contributed by atoms with Crippen LogP contribution in [-0.4, -0.2) is 36.2 Å². The zero-order chi connectivity index (χ0) is 19.4. The minimum absolute atomic E-state index is 0. The topological polar surface area (TPSA) is 49.4 Å². The van der Waals surface area contributed by atoms with Gasteiger partial charge in [0.1, 0.15) is 17.5 Å². The number of hydrogen-bond acceptors (Lipinski definition) is 3. The van der Waals surface area contributed by atoms with E-state index in [4.69, 9.17) is 0 Å². The van der Waals surface area contributed by atoms with Crippen molar-refractivity contribution in [3.05, 3.63) is 71.0 Å². The predicted molar refractivity (Wildman–Crippen MR) is 101 cm³/mol. The molecule has 0 aromatic heterocycles. The number of carbonyl (C=O) groups excluding carboxylic acids is 2. The first-order chi connectivity index (χ1) is 13.0. The van der Waals surface area contributed by atoms with Crippen LogP contribution in [0.3, 0.4) is 0 Å². The van der Waals surface area contributed by atoms with Gasteiger partial charge in [0, 0.05) is 38.5 Å². The first-order valence-electron chi connectivity index (χ1n) is 8.69. The van der Waals surface area contributed by atoms with E-state index >= 15 is 0 Å². The molecule has 1 amide bonds. The number of piperazine rings is 1. The van der Waals surface area contributed by atoms with Crippen LogP contribution in [0, 0.1) is 17.5 Å². The van der Waals surface area contributed by atoms with Crippen LogP contribution >= 0.6 is 12.4 Å². The molecule has 1 unspecified atom stereocenters. The van der Waals surface area contributed by atoms with Gasteiger partial charge >= 0.3 is 0 Å². The Balaban J connectivity index is 0.00000280. The van der Waals surface area contributed by atoms with Crippen LogP contribution in [-0.2, 0) is 4.79 Å². The first kappa shape index (κ1) is 21.9. The maximum absolute atomic E-state index is 13.7. The van der Waals surface area contributed by atoms with Crippen LogP contribution in [0.25, 0.3) is 0 Å². The molecule has 8 heteroatoms. The van der Waals surface area contributed by atoms with E-state index in [0.717, 1.165) is 12.1 Å². The number of halogens is 4. The summed E-state index contributed by atoms with van der Waals surface area (Å²) < 4.78 is 40.2. The average Bonchev–Trinajstić information content (AvgIpc) is 2.66. The van der Waals surface area contributed by atoms with Gasteiger partial charge in [-0.2, -0.15) is 0 Å². The second kappa shape index (κ2) is 9.71. The van der Waals surface area contributed by atoms with Gasteiger partial charge < -0.3 is 10.2 Å². The van der Waals surface area contributed by atoms with E-state index in [1.807, 2.05) is 0 Å². The normalized spacial score (nSPS) is 16.4. The van der Waals surface area contributed by atoms with Crippen molar-refractivity contribution in [2.45, 2.75) is 18.9 Å². The zero-order valence-electron chi connectivity index (χ0n) is 15.0. The molecule has 0 spiro atoms. The molecule has 0 aliphatic carbocycles. The number of hydrogen-bond donors (Lipinski definition) is 1. The molecule has 1 atom stereocenters. The van der Waals surface area contributed by atoms with Crippen molar-refractivity contribution >= 4 is 24.1 Å². The smallest absolute Gasteiger partial charge is 0.223 e. The molecular weight excluding hydrogens is 393 g/mol. The number of amides is 1. The fraction of sp³-hybridized carbons (Fsp3) is 0.300. The Morgan fingerprint density at radius 3 is 2.50 bits per heavy atom. The van der Waals surface area contributed by atoms with Crippen LogP contribution in [0.5, 0.6) is 0 Å². The lowest BCUT2D eigenvalue weighted by molar-refractivity contribution is -0.134. The van der Waals surface area contributed by atoms with E-state index in [9.17, 15) is 22.8 Å². The van der Waals surface area contributed by atoms with E-state index in [1.54, 1.807) is 17.0 Å². The highest BCUT2D eigenvalue weighted by atomic mass is 35.5. The Hall–Kier alpha value is -2.38. The van der Waals surface area contributed by atoms with Crippen molar-refractivity contribution in [1.82, 2.24) is 10.2 Å². The maximum atomic E-state index is 13.7. The van der Waals surface area contributed by atoms with Gasteiger partial charge in [0.25, 0.3) is 0 Å². The molecule has 1 aliphatic rings. The van der Waals surface area contributed by atoms with Crippen LogP contribution in [0.2, 0.25) is 0 Å². The summed E-state index contributed by atoms with van der Waals surface area (Å²) in [6.07, 6.45) is -0.275. The van der Waals surface area contributed by atoms with Crippen molar-refractivity contribution in [1.29, 1.82) is 0 Å². The van der Waals surface area contributed by atoms with Gasteiger partial charge in [0.15, 0.2) is 5.78 Å². The molecule has 1 fully saturated rings. The van der Waals surface area contributed by atoms with E-state index in [0.29, 0.717) is 31.3 Å². The number of nitrogens with one attached hydrogen (secondary N) is 1. The number of Topliss-reactive ketones (excluding diaryl/α,β-unsaturated/α-hetero) is 1. The first-order valence-corrected chi connectivity index (χ1v) is 8.69. The summed E-state index contributed by atoms with van der Waals surface area (Å²) in [5, 5.41) is 3.17. The monoisotopic (exact) mass is 412 g/mol. The standard InChI is InChI=1S/C20H19F3N2O2.ClH/c21-14-3-1-2-13(10-14)18-12-24-8-9-25(18)20(27)7-6-19(26)16-5-4-15(22)11-17(16)23;/h1-5,10-11,18,24H,6-9,12H2;1H. The van der Waals surface area contributed by atoms with Gasteiger partial charge in [-0.3, -0.25) is 9.59 Å². The van der Waals surface area contributed by atoms with Crippen molar-refractivity contribution in [2.75, 3.05) is 19.6 Å². The third-order valence-electron chi connectivity index (χ3n) is 4.59. The van der Waals surface area contributed by atoms with Gasteiger partial charge in [-0.15, -0.1) is 12.4 Å². The quantitative estimate of drug-likeness (QED) is 0.762. The SMILES string of the molecule is Cl.O=C(CCC(=O)N1CCNCC1c1cccc(F)c1)c1ccc(F)cc1F. The van der Waals surface area contributed by atoms with Gasteiger partial charge in [-0.1, -0.05) is 12.1 Å². The Labute approximate surface area is 167 Å². The highest BCUT2D eigenvalue weighted by Gasteiger charge is 2.28. The molecule has 0 bridgehead atoms. The molecule has 1 N–H and O–H groups in total. The molecule has 0 radical (unpaired) electrons. The van der Waals surface area contributed by atoms with Gasteiger partial charge in [0.05, 0.1) is 11.6 Å². The maximum Gasteiger partial charge on any atom is 0.223 e. The summed E-state index contributed by atoms with van der Waals surface area (Å²) in [6.45, 7) is 1.51. The van der Waals surface area contributed by atoms with Crippen molar-refractivity contribution in [2.24, 2.45) is 0 Å². The fourth-order valence-electron chi connectivity index (χ4n) is 3.23. The van der Waals surface area contributed by atoms with Crippen molar-refractivity contribution in [3.63, 3.8) is 0 Å². The minimum atomic E-state index is -0.938. The van der Waals surface area contributed by atoms with Crippen LogP contribution in [0.1, 0.15) is 34.8 Å². The number of nitrogens with zero attached hydrogens (tertiary/aromatic N) is 1. The predicted octanol–water partition coefficient (Wildman–Crippen LogP) is 3.66. The van der Waals surface area contributed by atoms with E-state index < -0.39 is 17.4 Å². The third-order valence-corrected chi connectivity index (χ3v) is 4.59. The molecule has 1 saturated heterocycles. The molecule has 1 heterocycles. The van der Waals surface area contributed by atoms with Gasteiger partial charge in [0.2, 0.25) is 5.91 Å². The third kappa shape index (κ3) is 5.11. The summed E-state index contributed by atoms with van der Waals surface area (Å²) in [7, 11) is 0. The van der Waals surface area contributed by atoms with E-state index in [1.165, 1.54) is 12.1 Å². The molecule has 4 nitrogen and oxygen atoms in total. The van der Waals surface area contributed by atoms with Crippen LogP contribution in [0.15, 0.2) is 42.5 Å². The average molecular weight is 413 g/mol. The second-order valence-corrected chi connectivity index (χ2v) is 6.41. The zero-order valence-corrected chi connectivity index (χ0v) is 15.8. The van der Waals surface area contributed by atoms with Crippen molar-refractivity contribution < 1.29 is 22.8 Å². The molecule has 150 valence electrons. The lowest BCUT2D eigenvalue weighted by atomic mass is 10.0. The molecule has 1 aliphatic heterocycles. The Kier molecular flexibility index (Phi) is 7.60. The number of ketones is 1. The van der Waals surface area contributed by atoms with E-state index in [2.05, 4.69) is 5.32 Å². The number of benzene rings is 2. The van der Waals surface area contributed by atoms with E-state index in [-0.39, 0.29) is 48.6 Å². The van der Waals surface area contributed by atoms with Crippen LogP contribution < -0.4 is 5.32 Å². The summed E-state index contributed by atoms with van der Waals surface area (Å²) in [4.78, 5) is 26.4. The highest BCUT2D eigenvalue weighted by molar-refractivity contribution is 5.98. The Bertz CT molecular complexity index is 863. The molecular formula is C20H20ClF3N2O2. The Morgan fingerprint density at radius 2 is 1.79 bits per heavy atom. The second-order valence-electron chi connectivity index (χ2n) is 6.41. The molecule has 28 heavy (non-hydrogen) atoms. The summed E-state index contributed by atoms with van der Waals surface area (Å²) in [5.74, 6) is -2.90. The fourth-order valence-corrected chi connectivity index (χ4v) is 3.23. The van der Waals surface area contributed by atoms with Gasteiger partial charge in [-0.25, -0.2) is 13.2 Å². The number of rotatable bonds is 5. The summed E-state index contributed by atoms with van der Waals surface area (Å²) >= 11 is 0. The lowest BCUT2D eigenvalue weighted by Gasteiger charge is -2.36. The Morgan fingerprint density at radius 1 is 1.04 bits per heavy atom. The van der Waals surface area contributed by atoms with Crippen molar-refractivity contribution in [3.8, 4) is 0 Å². The van der Waals surface area contributed by atoms with Crippen LogP contribution in [0.4, 0.5) is 13.2 Å². The molecule has 2 aromatic carbocycles.